The second-order valence-corrected chi connectivity index (χ2v) is 6.31. The summed E-state index contributed by atoms with van der Waals surface area (Å²) in [5.74, 6) is -0.946. The van der Waals surface area contributed by atoms with Crippen LogP contribution in [0, 0.1) is 11.6 Å². The first kappa shape index (κ1) is 17.2. The Bertz CT molecular complexity index is 1100. The van der Waals surface area contributed by atoms with Gasteiger partial charge >= 0.3 is 0 Å². The first-order valence-corrected chi connectivity index (χ1v) is 8.50. The van der Waals surface area contributed by atoms with Crippen molar-refractivity contribution in [1.82, 2.24) is 15.2 Å². The number of nitrogens with zero attached hydrogens (tertiary/aromatic N) is 2. The van der Waals surface area contributed by atoms with E-state index in [2.05, 4.69) is 25.8 Å². The summed E-state index contributed by atoms with van der Waals surface area (Å²) >= 11 is 5.83. The van der Waals surface area contributed by atoms with E-state index >= 15 is 0 Å². The van der Waals surface area contributed by atoms with Crippen LogP contribution < -0.4 is 10.6 Å². The predicted molar refractivity (Wildman–Crippen MR) is 102 cm³/mol. The van der Waals surface area contributed by atoms with Gasteiger partial charge < -0.3 is 10.6 Å². The number of fused-ring (bicyclic) bond motifs is 1. The molecule has 0 saturated heterocycles. The molecule has 0 aliphatic rings. The molecule has 2 aromatic carbocycles. The lowest BCUT2D eigenvalue weighted by Gasteiger charge is -2.12. The Morgan fingerprint density at radius 1 is 0.963 bits per heavy atom. The number of H-pyrrole nitrogens is 1. The SMILES string of the molecule is Fc1ccc(Nc2ccnc3c(F)cc(NCc4ccn[nH]4)cc23)cc1Cl. The molecule has 8 heteroatoms. The molecule has 4 aromatic rings. The summed E-state index contributed by atoms with van der Waals surface area (Å²) in [6, 6.07) is 11.0. The summed E-state index contributed by atoms with van der Waals surface area (Å²) in [6.07, 6.45) is 3.16. The van der Waals surface area contributed by atoms with E-state index < -0.39 is 11.6 Å². The molecule has 0 aliphatic heterocycles. The van der Waals surface area contributed by atoms with Gasteiger partial charge in [0.25, 0.3) is 0 Å². The third-order valence-electron chi connectivity index (χ3n) is 4.04. The van der Waals surface area contributed by atoms with E-state index in [1.165, 1.54) is 24.4 Å². The highest BCUT2D eigenvalue weighted by Gasteiger charge is 2.10. The van der Waals surface area contributed by atoms with E-state index in [1.807, 2.05) is 6.07 Å². The zero-order valence-electron chi connectivity index (χ0n) is 13.9. The first-order chi connectivity index (χ1) is 13.1. The van der Waals surface area contributed by atoms with Crippen molar-refractivity contribution in [1.29, 1.82) is 0 Å². The Morgan fingerprint density at radius 2 is 1.85 bits per heavy atom. The van der Waals surface area contributed by atoms with Gasteiger partial charge in [-0.1, -0.05) is 11.6 Å². The lowest BCUT2D eigenvalue weighted by atomic mass is 10.1. The van der Waals surface area contributed by atoms with Crippen LogP contribution in [-0.2, 0) is 6.54 Å². The van der Waals surface area contributed by atoms with Gasteiger partial charge in [0.2, 0.25) is 0 Å². The summed E-state index contributed by atoms with van der Waals surface area (Å²) in [5.41, 5.74) is 2.93. The standard InChI is InChI=1S/C19H14ClF2N5/c20-15-8-11(1-2-16(15)21)26-18-4-5-23-19-14(18)7-13(9-17(19)22)24-10-12-3-6-25-27-12/h1-9,24H,10H2,(H,23,26)(H,25,27). The molecular formula is C19H14ClF2N5. The fraction of sp³-hybridized carbons (Fsp3) is 0.0526. The van der Waals surface area contributed by atoms with Crippen LogP contribution in [0.1, 0.15) is 5.69 Å². The van der Waals surface area contributed by atoms with Crippen molar-refractivity contribution < 1.29 is 8.78 Å². The molecule has 0 saturated carbocycles. The van der Waals surface area contributed by atoms with Crippen molar-refractivity contribution in [2.45, 2.75) is 6.54 Å². The van der Waals surface area contributed by atoms with Crippen LogP contribution in [0.4, 0.5) is 25.8 Å². The van der Waals surface area contributed by atoms with Gasteiger partial charge in [0.1, 0.15) is 11.3 Å². The maximum atomic E-state index is 14.5. The molecule has 136 valence electrons. The Labute approximate surface area is 158 Å². The molecule has 0 unspecified atom stereocenters. The molecule has 2 aromatic heterocycles. The van der Waals surface area contributed by atoms with E-state index in [9.17, 15) is 8.78 Å². The molecule has 2 heterocycles. The predicted octanol–water partition coefficient (Wildman–Crippen LogP) is 5.25. The summed E-state index contributed by atoms with van der Waals surface area (Å²) in [5, 5.41) is 13.6. The summed E-state index contributed by atoms with van der Waals surface area (Å²) in [7, 11) is 0. The first-order valence-electron chi connectivity index (χ1n) is 8.12. The van der Waals surface area contributed by atoms with Gasteiger partial charge in [0.05, 0.1) is 17.3 Å². The number of pyridine rings is 1. The number of aromatic amines is 1. The lowest BCUT2D eigenvalue weighted by Crippen LogP contribution is -2.01. The van der Waals surface area contributed by atoms with Gasteiger partial charge in [0, 0.05) is 34.8 Å². The molecule has 5 nitrogen and oxygen atoms in total. The molecule has 0 amide bonds. The van der Waals surface area contributed by atoms with Gasteiger partial charge in [-0.2, -0.15) is 5.10 Å². The van der Waals surface area contributed by atoms with E-state index in [0.717, 1.165) is 5.69 Å². The number of hydrogen-bond acceptors (Lipinski definition) is 4. The number of halogens is 3. The molecule has 0 aliphatic carbocycles. The van der Waals surface area contributed by atoms with Crippen molar-refractivity contribution in [3.05, 3.63) is 77.2 Å². The van der Waals surface area contributed by atoms with Gasteiger partial charge in [-0.25, -0.2) is 8.78 Å². The van der Waals surface area contributed by atoms with Crippen molar-refractivity contribution >= 4 is 39.6 Å². The summed E-state index contributed by atoms with van der Waals surface area (Å²) in [4.78, 5) is 4.12. The zero-order valence-corrected chi connectivity index (χ0v) is 14.7. The average molecular weight is 386 g/mol. The minimum absolute atomic E-state index is 0.00598. The third kappa shape index (κ3) is 3.68. The van der Waals surface area contributed by atoms with Crippen LogP contribution in [0.2, 0.25) is 5.02 Å². The Hall–Kier alpha value is -3.19. The molecule has 3 N–H and O–H groups in total. The number of anilines is 3. The summed E-state index contributed by atoms with van der Waals surface area (Å²) in [6.45, 7) is 0.474. The number of nitrogens with one attached hydrogen (secondary N) is 3. The molecule has 0 bridgehead atoms. The molecule has 0 spiro atoms. The van der Waals surface area contributed by atoms with Crippen molar-refractivity contribution in [3.63, 3.8) is 0 Å². The normalized spacial score (nSPS) is 10.9. The fourth-order valence-electron chi connectivity index (χ4n) is 2.73. The molecule has 0 atom stereocenters. The van der Waals surface area contributed by atoms with Crippen LogP contribution in [0.3, 0.4) is 0 Å². The maximum absolute atomic E-state index is 14.5. The topological polar surface area (TPSA) is 65.6 Å². The maximum Gasteiger partial charge on any atom is 0.151 e. The second kappa shape index (κ2) is 7.20. The van der Waals surface area contributed by atoms with Crippen molar-refractivity contribution in [2.75, 3.05) is 10.6 Å². The van der Waals surface area contributed by atoms with E-state index in [0.29, 0.717) is 29.0 Å². The quantitative estimate of drug-likeness (QED) is 0.439. The van der Waals surface area contributed by atoms with Gasteiger partial charge in [-0.15, -0.1) is 0 Å². The van der Waals surface area contributed by atoms with Crippen LogP contribution in [0.15, 0.2) is 54.9 Å². The van der Waals surface area contributed by atoms with E-state index in [4.69, 9.17) is 11.6 Å². The minimum atomic E-state index is -0.502. The molecular weight excluding hydrogens is 372 g/mol. The largest absolute Gasteiger partial charge is 0.379 e. The third-order valence-corrected chi connectivity index (χ3v) is 4.33. The van der Waals surface area contributed by atoms with Crippen LogP contribution in [0.5, 0.6) is 0 Å². The van der Waals surface area contributed by atoms with Gasteiger partial charge in [-0.3, -0.25) is 10.1 Å². The van der Waals surface area contributed by atoms with Crippen LogP contribution in [-0.4, -0.2) is 15.2 Å². The number of hydrogen-bond donors (Lipinski definition) is 3. The highest BCUT2D eigenvalue weighted by atomic mass is 35.5. The minimum Gasteiger partial charge on any atom is -0.379 e. The van der Waals surface area contributed by atoms with Crippen molar-refractivity contribution in [2.24, 2.45) is 0 Å². The zero-order chi connectivity index (χ0) is 18.8. The molecule has 4 rings (SSSR count). The molecule has 0 fully saturated rings. The summed E-state index contributed by atoms with van der Waals surface area (Å²) < 4.78 is 27.9. The van der Waals surface area contributed by atoms with Crippen molar-refractivity contribution in [3.8, 4) is 0 Å². The highest BCUT2D eigenvalue weighted by Crippen LogP contribution is 2.30. The number of benzene rings is 2. The van der Waals surface area contributed by atoms with Crippen LogP contribution >= 0.6 is 11.6 Å². The second-order valence-electron chi connectivity index (χ2n) is 5.90. The Morgan fingerprint density at radius 3 is 2.63 bits per heavy atom. The van der Waals surface area contributed by atoms with Gasteiger partial charge in [-0.05, 0) is 42.5 Å². The molecule has 27 heavy (non-hydrogen) atoms. The van der Waals surface area contributed by atoms with Crippen LogP contribution in [0.25, 0.3) is 10.9 Å². The van der Waals surface area contributed by atoms with E-state index in [1.54, 1.807) is 24.4 Å². The van der Waals surface area contributed by atoms with E-state index in [-0.39, 0.29) is 10.5 Å². The molecule has 0 radical (unpaired) electrons. The average Bonchev–Trinajstić information content (AvgIpc) is 3.17. The number of aromatic nitrogens is 3. The Balaban J connectivity index is 1.68. The lowest BCUT2D eigenvalue weighted by molar-refractivity contribution is 0.628. The monoisotopic (exact) mass is 385 g/mol. The smallest absolute Gasteiger partial charge is 0.151 e. The fourth-order valence-corrected chi connectivity index (χ4v) is 2.91. The number of rotatable bonds is 5. The Kier molecular flexibility index (Phi) is 4.60. The van der Waals surface area contributed by atoms with Gasteiger partial charge in [0.15, 0.2) is 5.82 Å². The highest BCUT2D eigenvalue weighted by molar-refractivity contribution is 6.31.